The first-order valence-electron chi connectivity index (χ1n) is 11.0. The number of amides is 1. The number of nitrogens with zero attached hydrogens (tertiary/aromatic N) is 2. The number of hydrogen-bond donors (Lipinski definition) is 0. The van der Waals surface area contributed by atoms with Crippen LogP contribution >= 0.6 is 0 Å². The van der Waals surface area contributed by atoms with Gasteiger partial charge in [-0.2, -0.15) is 0 Å². The van der Waals surface area contributed by atoms with Crippen LogP contribution in [0, 0.1) is 0 Å². The molecule has 0 saturated heterocycles. The predicted molar refractivity (Wildman–Crippen MR) is 127 cm³/mol. The maximum Gasteiger partial charge on any atom is 0.410 e. The molecule has 33 heavy (non-hydrogen) atoms. The molecule has 8 nitrogen and oxygen atoms in total. The second-order valence-electron chi connectivity index (χ2n) is 7.69. The molecule has 0 aliphatic heterocycles. The van der Waals surface area contributed by atoms with Gasteiger partial charge in [0.1, 0.15) is 18.1 Å². The van der Waals surface area contributed by atoms with Crippen LogP contribution in [0.5, 0.6) is 11.5 Å². The first kappa shape index (κ1) is 26.4. The van der Waals surface area contributed by atoms with Gasteiger partial charge in [0.2, 0.25) is 0 Å². The minimum Gasteiger partial charge on any atom is -0.497 e. The predicted octanol–water partition coefficient (Wildman–Crippen LogP) is 3.44. The molecule has 0 aliphatic rings. The Morgan fingerprint density at radius 3 is 1.61 bits per heavy atom. The van der Waals surface area contributed by atoms with Crippen molar-refractivity contribution in [2.75, 3.05) is 67.9 Å². The highest BCUT2D eigenvalue weighted by molar-refractivity contribution is 5.67. The molecule has 0 N–H and O–H groups in total. The van der Waals surface area contributed by atoms with Crippen molar-refractivity contribution < 1.29 is 28.5 Å². The molecule has 0 heterocycles. The molecule has 0 spiro atoms. The van der Waals surface area contributed by atoms with Crippen LogP contribution in [0.2, 0.25) is 0 Å². The van der Waals surface area contributed by atoms with Crippen molar-refractivity contribution in [2.45, 2.75) is 13.1 Å². The second kappa shape index (κ2) is 15.1. The van der Waals surface area contributed by atoms with Gasteiger partial charge in [-0.15, -0.1) is 0 Å². The molecule has 182 valence electrons. The fourth-order valence-electron chi connectivity index (χ4n) is 2.94. The van der Waals surface area contributed by atoms with E-state index in [1.54, 1.807) is 19.1 Å². The summed E-state index contributed by atoms with van der Waals surface area (Å²) in [4.78, 5) is 16.5. The van der Waals surface area contributed by atoms with Crippen molar-refractivity contribution in [3.8, 4) is 11.5 Å². The molecule has 0 bridgehead atoms. The third-order valence-corrected chi connectivity index (χ3v) is 4.83. The summed E-state index contributed by atoms with van der Waals surface area (Å²) in [5.41, 5.74) is 1.96. The first-order chi connectivity index (χ1) is 16.0. The van der Waals surface area contributed by atoms with Crippen molar-refractivity contribution >= 4 is 6.09 Å². The number of likely N-dealkylation sites (N-methyl/N-ethyl adjacent to an activating group) is 1. The molecule has 2 aromatic carbocycles. The number of carbonyl (C=O) groups is 1. The Balaban J connectivity index is 1.84. The number of hydrogen-bond acceptors (Lipinski definition) is 7. The van der Waals surface area contributed by atoms with Crippen molar-refractivity contribution in [3.63, 3.8) is 0 Å². The monoisotopic (exact) mass is 460 g/mol. The van der Waals surface area contributed by atoms with E-state index in [-0.39, 0.29) is 6.61 Å². The fourth-order valence-corrected chi connectivity index (χ4v) is 2.94. The van der Waals surface area contributed by atoms with Crippen molar-refractivity contribution in [1.82, 2.24) is 9.80 Å². The topological polar surface area (TPSA) is 69.7 Å². The summed E-state index contributed by atoms with van der Waals surface area (Å²) in [6.45, 7) is 3.84. The number of carbonyl (C=O) groups excluding carboxylic acids is 1. The minimum absolute atomic E-state index is 0.179. The van der Waals surface area contributed by atoms with Gasteiger partial charge >= 0.3 is 6.09 Å². The smallest absolute Gasteiger partial charge is 0.410 e. The Morgan fingerprint density at radius 1 is 0.697 bits per heavy atom. The zero-order valence-electron chi connectivity index (χ0n) is 20.1. The average Bonchev–Trinajstić information content (AvgIpc) is 2.83. The third kappa shape index (κ3) is 10.6. The molecule has 2 rings (SSSR count). The van der Waals surface area contributed by atoms with Crippen molar-refractivity contribution in [3.05, 3.63) is 59.7 Å². The van der Waals surface area contributed by atoms with E-state index in [9.17, 15) is 4.79 Å². The molecule has 0 saturated carbocycles. The van der Waals surface area contributed by atoms with E-state index < -0.39 is 6.09 Å². The minimum atomic E-state index is -0.396. The van der Waals surface area contributed by atoms with Crippen LogP contribution in [0.4, 0.5) is 4.79 Å². The second-order valence-corrected chi connectivity index (χ2v) is 7.69. The summed E-state index contributed by atoms with van der Waals surface area (Å²) >= 11 is 0. The van der Waals surface area contributed by atoms with E-state index in [4.69, 9.17) is 23.7 Å². The van der Waals surface area contributed by atoms with Crippen LogP contribution in [0.3, 0.4) is 0 Å². The Labute approximate surface area is 196 Å². The molecule has 1 amide bonds. The van der Waals surface area contributed by atoms with Crippen LogP contribution in [0.25, 0.3) is 0 Å². The van der Waals surface area contributed by atoms with Gasteiger partial charge in [-0.3, -0.25) is 4.90 Å². The Hall–Kier alpha value is -2.81. The summed E-state index contributed by atoms with van der Waals surface area (Å²) in [7, 11) is 7.25. The Bertz CT molecular complexity index is 746. The largest absolute Gasteiger partial charge is 0.497 e. The molecule has 2 aromatic rings. The van der Waals surface area contributed by atoms with Crippen molar-refractivity contribution in [2.24, 2.45) is 0 Å². The number of rotatable bonds is 15. The highest BCUT2D eigenvalue weighted by Crippen LogP contribution is 2.17. The molecule has 8 heteroatoms. The normalized spacial score (nSPS) is 10.8. The van der Waals surface area contributed by atoms with Gasteiger partial charge in [-0.05, 0) is 49.5 Å². The van der Waals surface area contributed by atoms with Gasteiger partial charge < -0.3 is 28.6 Å². The number of benzene rings is 2. The highest BCUT2D eigenvalue weighted by Gasteiger charge is 2.16. The summed E-state index contributed by atoms with van der Waals surface area (Å²) in [6.07, 6.45) is -0.396. The fraction of sp³-hybridized carbons (Fsp3) is 0.480. The summed E-state index contributed by atoms with van der Waals surface area (Å²) < 4.78 is 26.9. The molecular weight excluding hydrogens is 424 g/mol. The first-order valence-corrected chi connectivity index (χ1v) is 11.0. The lowest BCUT2D eigenvalue weighted by Gasteiger charge is -2.23. The quantitative estimate of drug-likeness (QED) is 0.377. The average molecular weight is 461 g/mol. The maximum absolute atomic E-state index is 12.8. The lowest BCUT2D eigenvalue weighted by molar-refractivity contribution is 0.0186. The van der Waals surface area contributed by atoms with Crippen LogP contribution in [-0.4, -0.2) is 83.8 Å². The summed E-state index contributed by atoms with van der Waals surface area (Å²) in [5, 5.41) is 0. The maximum atomic E-state index is 12.8. The molecule has 0 radical (unpaired) electrons. The van der Waals surface area contributed by atoms with Crippen LogP contribution in [-0.2, 0) is 27.3 Å². The van der Waals surface area contributed by atoms with Crippen LogP contribution < -0.4 is 9.47 Å². The standard InChI is InChI=1S/C25H36N2O6/c1-26(2)13-14-31-15-16-32-17-18-33-25(28)27(19-21-5-9-23(29-3)10-6-21)20-22-7-11-24(30-4)12-8-22/h5-12H,13-20H2,1-4H3. The van der Waals surface area contributed by atoms with Gasteiger partial charge in [0.25, 0.3) is 0 Å². The lowest BCUT2D eigenvalue weighted by atomic mass is 10.1. The Kier molecular flexibility index (Phi) is 12.1. The van der Waals surface area contributed by atoms with E-state index in [1.165, 1.54) is 0 Å². The van der Waals surface area contributed by atoms with Gasteiger partial charge in [0, 0.05) is 19.6 Å². The van der Waals surface area contributed by atoms with Crippen LogP contribution in [0.1, 0.15) is 11.1 Å². The third-order valence-electron chi connectivity index (χ3n) is 4.83. The van der Waals surface area contributed by atoms with Gasteiger partial charge in [-0.25, -0.2) is 4.79 Å². The zero-order valence-corrected chi connectivity index (χ0v) is 20.1. The number of ether oxygens (including phenoxy) is 5. The van der Waals surface area contributed by atoms with Gasteiger partial charge in [-0.1, -0.05) is 24.3 Å². The summed E-state index contributed by atoms with van der Waals surface area (Å²) in [5.74, 6) is 1.54. The van der Waals surface area contributed by atoms with Gasteiger partial charge in [0.15, 0.2) is 0 Å². The SMILES string of the molecule is COc1ccc(CN(Cc2ccc(OC)cc2)C(=O)OCCOCCOCCN(C)C)cc1. The van der Waals surface area contributed by atoms with Crippen LogP contribution in [0.15, 0.2) is 48.5 Å². The molecule has 0 atom stereocenters. The molecular formula is C25H36N2O6. The Morgan fingerprint density at radius 2 is 1.15 bits per heavy atom. The van der Waals surface area contributed by atoms with E-state index >= 15 is 0 Å². The van der Waals surface area contributed by atoms with E-state index in [2.05, 4.69) is 4.90 Å². The highest BCUT2D eigenvalue weighted by atomic mass is 16.6. The van der Waals surface area contributed by atoms with Gasteiger partial charge in [0.05, 0.1) is 40.6 Å². The molecule has 0 aliphatic carbocycles. The van der Waals surface area contributed by atoms with Crippen molar-refractivity contribution in [1.29, 1.82) is 0 Å². The zero-order chi connectivity index (χ0) is 23.9. The molecule has 0 unspecified atom stereocenters. The summed E-state index contributed by atoms with van der Waals surface area (Å²) in [6, 6.07) is 15.3. The van der Waals surface area contributed by atoms with E-state index in [0.717, 1.165) is 29.2 Å². The lowest BCUT2D eigenvalue weighted by Crippen LogP contribution is -2.31. The van der Waals surface area contributed by atoms with E-state index in [0.29, 0.717) is 39.5 Å². The molecule has 0 aromatic heterocycles. The molecule has 0 fully saturated rings. The van der Waals surface area contributed by atoms with E-state index in [1.807, 2.05) is 62.6 Å². The number of methoxy groups -OCH3 is 2.